The van der Waals surface area contributed by atoms with Gasteiger partial charge in [-0.05, 0) is 70.1 Å². The molecule has 0 spiro atoms. The standard InChI is InChI=1S/C32H24IN3O/c33-26-16-17-29-28(19-26)32(37)36(21-24-11-5-2-6-12-24)31(34-29)18-15-25-22-35(20-23-9-3-1-4-10-23)30-14-8-7-13-27(25)30/h1-19,22H,20-21H2. The Balaban J connectivity index is 1.46. The molecule has 2 aromatic heterocycles. The SMILES string of the molecule is O=c1c2cc(I)ccc2nc(C=Cc2cn(Cc3ccccc3)c3ccccc23)n1Cc1ccccc1. The van der Waals surface area contributed by atoms with E-state index in [1.165, 1.54) is 16.5 Å². The number of fused-ring (bicyclic) bond motifs is 2. The molecule has 5 heteroatoms. The molecule has 6 rings (SSSR count). The smallest absolute Gasteiger partial charge is 0.261 e. The van der Waals surface area contributed by atoms with Crippen LogP contribution in [0.3, 0.4) is 0 Å². The average molecular weight is 593 g/mol. The molecule has 0 saturated heterocycles. The third-order valence-corrected chi connectivity index (χ3v) is 7.23. The van der Waals surface area contributed by atoms with Crippen molar-refractivity contribution in [1.29, 1.82) is 0 Å². The van der Waals surface area contributed by atoms with E-state index >= 15 is 0 Å². The Labute approximate surface area is 228 Å². The number of aromatic nitrogens is 3. The third-order valence-electron chi connectivity index (χ3n) is 6.56. The van der Waals surface area contributed by atoms with Gasteiger partial charge in [0.05, 0.1) is 17.4 Å². The normalized spacial score (nSPS) is 11.6. The number of para-hydroxylation sites is 1. The molecular formula is C32H24IN3O. The number of hydrogen-bond acceptors (Lipinski definition) is 2. The minimum atomic E-state index is -0.0291. The van der Waals surface area contributed by atoms with Crippen molar-refractivity contribution in [3.05, 3.63) is 146 Å². The van der Waals surface area contributed by atoms with Gasteiger partial charge in [0.2, 0.25) is 0 Å². The minimum Gasteiger partial charge on any atom is -0.342 e. The molecule has 0 atom stereocenters. The fourth-order valence-corrected chi connectivity index (χ4v) is 5.23. The lowest BCUT2D eigenvalue weighted by Crippen LogP contribution is -2.24. The fourth-order valence-electron chi connectivity index (χ4n) is 4.74. The first-order chi connectivity index (χ1) is 18.2. The maximum atomic E-state index is 13.6. The van der Waals surface area contributed by atoms with Gasteiger partial charge in [0, 0.05) is 32.8 Å². The van der Waals surface area contributed by atoms with Gasteiger partial charge in [-0.1, -0.05) is 78.9 Å². The molecule has 2 heterocycles. The Hall–Kier alpha value is -3.97. The predicted octanol–water partition coefficient (Wildman–Crippen LogP) is 7.22. The van der Waals surface area contributed by atoms with Crippen LogP contribution in [0, 0.1) is 3.57 Å². The van der Waals surface area contributed by atoms with E-state index < -0.39 is 0 Å². The molecule has 0 unspecified atom stereocenters. The van der Waals surface area contributed by atoms with Gasteiger partial charge in [0.1, 0.15) is 5.82 Å². The van der Waals surface area contributed by atoms with Crippen LogP contribution in [0.25, 0.3) is 34.0 Å². The molecule has 0 N–H and O–H groups in total. The number of hydrogen-bond donors (Lipinski definition) is 0. The summed E-state index contributed by atoms with van der Waals surface area (Å²) in [6.07, 6.45) is 6.22. The molecule has 6 aromatic rings. The van der Waals surface area contributed by atoms with E-state index in [9.17, 15) is 4.79 Å². The van der Waals surface area contributed by atoms with Gasteiger partial charge >= 0.3 is 0 Å². The topological polar surface area (TPSA) is 39.8 Å². The van der Waals surface area contributed by atoms with Crippen LogP contribution in [0.1, 0.15) is 22.5 Å². The second-order valence-electron chi connectivity index (χ2n) is 9.06. The summed E-state index contributed by atoms with van der Waals surface area (Å²) in [4.78, 5) is 18.5. The summed E-state index contributed by atoms with van der Waals surface area (Å²) in [7, 11) is 0. The third kappa shape index (κ3) is 4.87. The molecular weight excluding hydrogens is 569 g/mol. The highest BCUT2D eigenvalue weighted by molar-refractivity contribution is 14.1. The van der Waals surface area contributed by atoms with E-state index in [2.05, 4.69) is 88.0 Å². The Morgan fingerprint density at radius 1 is 0.730 bits per heavy atom. The van der Waals surface area contributed by atoms with Crippen molar-refractivity contribution in [2.24, 2.45) is 0 Å². The van der Waals surface area contributed by atoms with Crippen LogP contribution < -0.4 is 5.56 Å². The summed E-state index contributed by atoms with van der Waals surface area (Å²) in [6, 6.07) is 34.8. The Morgan fingerprint density at radius 2 is 1.41 bits per heavy atom. The van der Waals surface area contributed by atoms with Crippen LogP contribution in [-0.2, 0) is 13.1 Å². The Morgan fingerprint density at radius 3 is 2.16 bits per heavy atom. The second-order valence-corrected chi connectivity index (χ2v) is 10.3. The number of halogens is 1. The molecule has 0 fully saturated rings. The lowest BCUT2D eigenvalue weighted by molar-refractivity contribution is 0.738. The van der Waals surface area contributed by atoms with E-state index in [0.717, 1.165) is 21.2 Å². The zero-order chi connectivity index (χ0) is 25.2. The quantitative estimate of drug-likeness (QED) is 0.191. The van der Waals surface area contributed by atoms with Gasteiger partial charge in [-0.3, -0.25) is 9.36 Å². The maximum Gasteiger partial charge on any atom is 0.261 e. The van der Waals surface area contributed by atoms with Crippen molar-refractivity contribution in [3.8, 4) is 0 Å². The highest BCUT2D eigenvalue weighted by Crippen LogP contribution is 2.25. The van der Waals surface area contributed by atoms with Crippen LogP contribution >= 0.6 is 22.6 Å². The van der Waals surface area contributed by atoms with Crippen molar-refractivity contribution in [2.45, 2.75) is 13.1 Å². The first-order valence-electron chi connectivity index (χ1n) is 12.2. The van der Waals surface area contributed by atoms with Crippen molar-refractivity contribution < 1.29 is 0 Å². The fraction of sp³-hybridized carbons (Fsp3) is 0.0625. The van der Waals surface area contributed by atoms with Gasteiger partial charge in [-0.15, -0.1) is 0 Å². The summed E-state index contributed by atoms with van der Waals surface area (Å²) < 4.78 is 5.06. The van der Waals surface area contributed by atoms with E-state index in [-0.39, 0.29) is 5.56 Å². The van der Waals surface area contributed by atoms with Gasteiger partial charge in [-0.25, -0.2) is 4.98 Å². The maximum absolute atomic E-state index is 13.6. The minimum absolute atomic E-state index is 0.0291. The van der Waals surface area contributed by atoms with Crippen LogP contribution in [0.2, 0.25) is 0 Å². The number of rotatable bonds is 6. The molecule has 37 heavy (non-hydrogen) atoms. The molecule has 0 aliphatic heterocycles. The number of benzene rings is 4. The van der Waals surface area contributed by atoms with Crippen LogP contribution in [0.5, 0.6) is 0 Å². The van der Waals surface area contributed by atoms with Crippen molar-refractivity contribution >= 4 is 56.5 Å². The van der Waals surface area contributed by atoms with Gasteiger partial charge in [-0.2, -0.15) is 0 Å². The van der Waals surface area contributed by atoms with E-state index in [4.69, 9.17) is 4.98 Å². The van der Waals surface area contributed by atoms with Crippen LogP contribution in [-0.4, -0.2) is 14.1 Å². The lowest BCUT2D eigenvalue weighted by Gasteiger charge is -2.12. The summed E-state index contributed by atoms with van der Waals surface area (Å²) >= 11 is 2.24. The van der Waals surface area contributed by atoms with E-state index in [0.29, 0.717) is 23.3 Å². The first kappa shape index (κ1) is 23.4. The van der Waals surface area contributed by atoms with Crippen LogP contribution in [0.4, 0.5) is 0 Å². The summed E-state index contributed by atoms with van der Waals surface area (Å²) in [5.41, 5.74) is 5.26. The molecule has 0 aliphatic carbocycles. The van der Waals surface area contributed by atoms with Crippen molar-refractivity contribution in [2.75, 3.05) is 0 Å². The second kappa shape index (κ2) is 10.2. The van der Waals surface area contributed by atoms with Gasteiger partial charge < -0.3 is 4.57 Å². The zero-order valence-electron chi connectivity index (χ0n) is 20.1. The first-order valence-corrected chi connectivity index (χ1v) is 13.3. The van der Waals surface area contributed by atoms with Gasteiger partial charge in [0.15, 0.2) is 0 Å². The van der Waals surface area contributed by atoms with Gasteiger partial charge in [0.25, 0.3) is 5.56 Å². The van der Waals surface area contributed by atoms with E-state index in [1.807, 2.05) is 60.7 Å². The van der Waals surface area contributed by atoms with Crippen molar-refractivity contribution in [1.82, 2.24) is 14.1 Å². The molecule has 0 bridgehead atoms. The highest BCUT2D eigenvalue weighted by atomic mass is 127. The van der Waals surface area contributed by atoms with Crippen LogP contribution in [0.15, 0.2) is 114 Å². The molecule has 0 amide bonds. The zero-order valence-corrected chi connectivity index (χ0v) is 22.2. The molecule has 0 saturated carbocycles. The molecule has 0 aliphatic rings. The molecule has 4 aromatic carbocycles. The monoisotopic (exact) mass is 593 g/mol. The summed E-state index contributed by atoms with van der Waals surface area (Å²) in [6.45, 7) is 1.25. The average Bonchev–Trinajstić information content (AvgIpc) is 3.28. The molecule has 0 radical (unpaired) electrons. The molecule has 180 valence electrons. The van der Waals surface area contributed by atoms with E-state index in [1.54, 1.807) is 4.57 Å². The van der Waals surface area contributed by atoms with Crippen molar-refractivity contribution in [3.63, 3.8) is 0 Å². The highest BCUT2D eigenvalue weighted by Gasteiger charge is 2.12. The molecule has 4 nitrogen and oxygen atoms in total. The predicted molar refractivity (Wildman–Crippen MR) is 161 cm³/mol. The Kier molecular flexibility index (Phi) is 6.45. The summed E-state index contributed by atoms with van der Waals surface area (Å²) in [5, 5.41) is 1.81. The largest absolute Gasteiger partial charge is 0.342 e. The summed E-state index contributed by atoms with van der Waals surface area (Å²) in [5.74, 6) is 0.641. The lowest BCUT2D eigenvalue weighted by atomic mass is 10.1. The Bertz CT molecular complexity index is 1800. The number of nitrogens with zero attached hydrogens (tertiary/aromatic N) is 3.